The van der Waals surface area contributed by atoms with Gasteiger partial charge in [0, 0.05) is 32.2 Å². The van der Waals surface area contributed by atoms with Gasteiger partial charge in [-0.25, -0.2) is 0 Å². The molecular formula is C17H27Cl2N3O. The van der Waals surface area contributed by atoms with E-state index in [4.69, 9.17) is 0 Å². The third kappa shape index (κ3) is 5.96. The fourth-order valence-corrected chi connectivity index (χ4v) is 3.33. The van der Waals surface area contributed by atoms with Crippen molar-refractivity contribution in [3.63, 3.8) is 0 Å². The van der Waals surface area contributed by atoms with Crippen LogP contribution in [-0.2, 0) is 11.3 Å². The summed E-state index contributed by atoms with van der Waals surface area (Å²) in [7, 11) is 0. The first kappa shape index (κ1) is 20.2. The Morgan fingerprint density at radius 1 is 1.22 bits per heavy atom. The van der Waals surface area contributed by atoms with E-state index < -0.39 is 0 Å². The van der Waals surface area contributed by atoms with Gasteiger partial charge in [-0.1, -0.05) is 30.3 Å². The van der Waals surface area contributed by atoms with Crippen molar-refractivity contribution in [2.24, 2.45) is 5.92 Å². The molecule has 2 unspecified atom stereocenters. The molecule has 1 amide bonds. The molecule has 1 aromatic rings. The summed E-state index contributed by atoms with van der Waals surface area (Å²) in [5.41, 5.74) is 1.35. The molecule has 0 radical (unpaired) electrons. The topological polar surface area (TPSA) is 44.4 Å². The zero-order chi connectivity index (χ0) is 14.5. The lowest BCUT2D eigenvalue weighted by Crippen LogP contribution is -2.45. The average molecular weight is 360 g/mol. The summed E-state index contributed by atoms with van der Waals surface area (Å²) >= 11 is 0. The van der Waals surface area contributed by atoms with Gasteiger partial charge in [0.1, 0.15) is 0 Å². The van der Waals surface area contributed by atoms with Gasteiger partial charge < -0.3 is 10.6 Å². The van der Waals surface area contributed by atoms with E-state index in [0.29, 0.717) is 6.04 Å². The third-order valence-corrected chi connectivity index (χ3v) is 4.54. The largest absolute Gasteiger partial charge is 0.352 e. The molecule has 4 nitrogen and oxygen atoms in total. The number of rotatable bonds is 4. The van der Waals surface area contributed by atoms with Crippen LogP contribution in [0.5, 0.6) is 0 Å². The molecule has 2 N–H and O–H groups in total. The van der Waals surface area contributed by atoms with Crippen LogP contribution in [0, 0.1) is 5.92 Å². The predicted octanol–water partition coefficient (Wildman–Crippen LogP) is 2.22. The number of nitrogens with one attached hydrogen (secondary N) is 2. The van der Waals surface area contributed by atoms with E-state index in [1.54, 1.807) is 0 Å². The molecule has 2 atom stereocenters. The molecule has 0 bridgehead atoms. The van der Waals surface area contributed by atoms with Crippen LogP contribution in [-0.4, -0.2) is 43.0 Å². The number of hydrogen-bond acceptors (Lipinski definition) is 3. The van der Waals surface area contributed by atoms with Crippen LogP contribution in [0.1, 0.15) is 24.8 Å². The zero-order valence-electron chi connectivity index (χ0n) is 13.4. The second-order valence-electron chi connectivity index (χ2n) is 6.26. The Kier molecular flexibility index (Phi) is 8.92. The monoisotopic (exact) mass is 359 g/mol. The molecular weight excluding hydrogens is 333 g/mol. The number of nitrogens with zero attached hydrogens (tertiary/aromatic N) is 1. The summed E-state index contributed by atoms with van der Waals surface area (Å²) in [6, 6.07) is 10.9. The minimum atomic E-state index is 0. The van der Waals surface area contributed by atoms with Gasteiger partial charge in [-0.3, -0.25) is 9.69 Å². The van der Waals surface area contributed by atoms with Crippen LogP contribution in [0.25, 0.3) is 0 Å². The maximum atomic E-state index is 12.2. The molecule has 0 saturated carbocycles. The first-order valence-electron chi connectivity index (χ1n) is 8.08. The van der Waals surface area contributed by atoms with Crippen LogP contribution in [0.4, 0.5) is 0 Å². The summed E-state index contributed by atoms with van der Waals surface area (Å²) in [4.78, 5) is 14.7. The van der Waals surface area contributed by atoms with Gasteiger partial charge in [-0.2, -0.15) is 0 Å². The van der Waals surface area contributed by atoms with Crippen molar-refractivity contribution in [3.8, 4) is 0 Å². The first-order chi connectivity index (χ1) is 10.3. The van der Waals surface area contributed by atoms with E-state index in [1.165, 1.54) is 5.56 Å². The predicted molar refractivity (Wildman–Crippen MR) is 98.4 cm³/mol. The lowest BCUT2D eigenvalue weighted by molar-refractivity contribution is -0.126. The number of halogens is 2. The molecule has 0 aliphatic carbocycles. The second-order valence-corrected chi connectivity index (χ2v) is 6.26. The number of hydrogen-bond donors (Lipinski definition) is 2. The number of piperidine rings is 1. The molecule has 1 aromatic carbocycles. The Labute approximate surface area is 151 Å². The Balaban J connectivity index is 0.00000132. The van der Waals surface area contributed by atoms with Gasteiger partial charge in [0.05, 0.1) is 5.92 Å². The van der Waals surface area contributed by atoms with Gasteiger partial charge in [-0.15, -0.1) is 24.8 Å². The fourth-order valence-electron chi connectivity index (χ4n) is 3.33. The van der Waals surface area contributed by atoms with E-state index in [-0.39, 0.29) is 36.6 Å². The highest BCUT2D eigenvalue weighted by Crippen LogP contribution is 2.15. The smallest absolute Gasteiger partial charge is 0.224 e. The first-order valence-corrected chi connectivity index (χ1v) is 8.08. The highest BCUT2D eigenvalue weighted by Gasteiger charge is 2.27. The lowest BCUT2D eigenvalue weighted by atomic mass is 9.98. The molecule has 2 aliphatic heterocycles. The SMILES string of the molecule is Cl.Cl.O=C(NC1CCN(Cc2ccccc2)C1)C1CCCNC1. The molecule has 6 heteroatoms. The summed E-state index contributed by atoms with van der Waals surface area (Å²) in [5, 5.41) is 6.55. The highest BCUT2D eigenvalue weighted by atomic mass is 35.5. The highest BCUT2D eigenvalue weighted by molar-refractivity contribution is 5.85. The fraction of sp³-hybridized carbons (Fsp3) is 0.588. The van der Waals surface area contributed by atoms with Crippen molar-refractivity contribution < 1.29 is 4.79 Å². The van der Waals surface area contributed by atoms with E-state index in [2.05, 4.69) is 45.9 Å². The van der Waals surface area contributed by atoms with Gasteiger partial charge >= 0.3 is 0 Å². The van der Waals surface area contributed by atoms with E-state index in [9.17, 15) is 4.79 Å². The Bertz CT molecular complexity index is 466. The maximum absolute atomic E-state index is 12.2. The summed E-state index contributed by atoms with van der Waals surface area (Å²) in [5.74, 6) is 0.413. The number of carbonyl (C=O) groups excluding carboxylic acids is 1. The summed E-state index contributed by atoms with van der Waals surface area (Å²) in [6.45, 7) is 4.92. The maximum Gasteiger partial charge on any atom is 0.224 e. The Morgan fingerprint density at radius 2 is 2.00 bits per heavy atom. The van der Waals surface area contributed by atoms with Crippen molar-refractivity contribution in [1.29, 1.82) is 0 Å². The number of amides is 1. The number of likely N-dealkylation sites (tertiary alicyclic amines) is 1. The second kappa shape index (κ2) is 10.1. The molecule has 2 aliphatic rings. The molecule has 2 saturated heterocycles. The van der Waals surface area contributed by atoms with Crippen molar-refractivity contribution in [2.75, 3.05) is 26.2 Å². The van der Waals surface area contributed by atoms with Crippen LogP contribution >= 0.6 is 24.8 Å². The van der Waals surface area contributed by atoms with Crippen molar-refractivity contribution >= 4 is 30.7 Å². The van der Waals surface area contributed by atoms with Crippen molar-refractivity contribution in [1.82, 2.24) is 15.5 Å². The molecule has 2 heterocycles. The molecule has 23 heavy (non-hydrogen) atoms. The molecule has 130 valence electrons. The minimum Gasteiger partial charge on any atom is -0.352 e. The van der Waals surface area contributed by atoms with Crippen LogP contribution in [0.3, 0.4) is 0 Å². The van der Waals surface area contributed by atoms with E-state index >= 15 is 0 Å². The molecule has 0 aromatic heterocycles. The van der Waals surface area contributed by atoms with Crippen molar-refractivity contribution in [3.05, 3.63) is 35.9 Å². The third-order valence-electron chi connectivity index (χ3n) is 4.54. The summed E-state index contributed by atoms with van der Waals surface area (Å²) in [6.07, 6.45) is 3.21. The molecule has 2 fully saturated rings. The lowest BCUT2D eigenvalue weighted by Gasteiger charge is -2.24. The Hall–Kier alpha value is -0.810. The normalized spacial score (nSPS) is 24.3. The molecule has 0 spiro atoms. The number of carbonyl (C=O) groups is 1. The van der Waals surface area contributed by atoms with Crippen molar-refractivity contribution in [2.45, 2.75) is 31.8 Å². The quantitative estimate of drug-likeness (QED) is 0.866. The Morgan fingerprint density at radius 3 is 2.70 bits per heavy atom. The van der Waals surface area contributed by atoms with Gasteiger partial charge in [0.15, 0.2) is 0 Å². The van der Waals surface area contributed by atoms with Crippen LogP contribution in [0.15, 0.2) is 30.3 Å². The van der Waals surface area contributed by atoms with E-state index in [0.717, 1.165) is 52.0 Å². The van der Waals surface area contributed by atoms with Gasteiger partial charge in [0.2, 0.25) is 5.91 Å². The standard InChI is InChI=1S/C17H25N3O.2ClH/c21-17(15-7-4-9-18-11-15)19-16-8-10-20(13-16)12-14-5-2-1-3-6-14;;/h1-3,5-6,15-16,18H,4,7-13H2,(H,19,21);2*1H. The zero-order valence-corrected chi connectivity index (χ0v) is 15.0. The number of benzene rings is 1. The van der Waals surface area contributed by atoms with Crippen LogP contribution in [0.2, 0.25) is 0 Å². The minimum absolute atomic E-state index is 0. The van der Waals surface area contributed by atoms with Crippen LogP contribution < -0.4 is 10.6 Å². The average Bonchev–Trinajstić information content (AvgIpc) is 2.96. The van der Waals surface area contributed by atoms with E-state index in [1.807, 2.05) is 0 Å². The van der Waals surface area contributed by atoms with Gasteiger partial charge in [-0.05, 0) is 31.4 Å². The summed E-state index contributed by atoms with van der Waals surface area (Å²) < 4.78 is 0. The molecule has 3 rings (SSSR count). The van der Waals surface area contributed by atoms with Gasteiger partial charge in [0.25, 0.3) is 0 Å².